The number of carbonyl (C=O) groups excluding carboxylic acids is 1. The van der Waals surface area contributed by atoms with E-state index < -0.39 is 0 Å². The first-order chi connectivity index (χ1) is 10.0. The summed E-state index contributed by atoms with van der Waals surface area (Å²) >= 11 is 0. The predicted molar refractivity (Wildman–Crippen MR) is 82.1 cm³/mol. The molecule has 21 heavy (non-hydrogen) atoms. The van der Waals surface area contributed by atoms with E-state index in [2.05, 4.69) is 10.4 Å². The molecule has 2 heterocycles. The van der Waals surface area contributed by atoms with Crippen molar-refractivity contribution in [1.82, 2.24) is 9.88 Å². The van der Waals surface area contributed by atoms with Crippen LogP contribution in [0.25, 0.3) is 0 Å². The topological polar surface area (TPSA) is 80.5 Å². The highest BCUT2D eigenvalue weighted by atomic mass is 16.5. The standard InChI is InChI=1S/C15H24N4O2/c1-10(2)13-8-11(9-14(17-13)18-16)15(20)19(3)12-4-6-21-7-5-12/h8-10,12H,4-7,16H2,1-3H3,(H,17,18). The second-order valence-corrected chi connectivity index (χ2v) is 5.72. The molecule has 0 saturated carbocycles. The van der Waals surface area contributed by atoms with Crippen molar-refractivity contribution in [3.63, 3.8) is 0 Å². The maximum Gasteiger partial charge on any atom is 0.254 e. The van der Waals surface area contributed by atoms with Crippen molar-refractivity contribution in [2.45, 2.75) is 38.6 Å². The van der Waals surface area contributed by atoms with Crippen LogP contribution in [0.15, 0.2) is 12.1 Å². The van der Waals surface area contributed by atoms with Crippen LogP contribution >= 0.6 is 0 Å². The number of hydrogen-bond acceptors (Lipinski definition) is 5. The minimum atomic E-state index is 0.00250. The fraction of sp³-hybridized carbons (Fsp3) is 0.600. The average molecular weight is 292 g/mol. The van der Waals surface area contributed by atoms with Crippen LogP contribution < -0.4 is 11.3 Å². The molecule has 6 heteroatoms. The van der Waals surface area contributed by atoms with Gasteiger partial charge in [-0.1, -0.05) is 13.8 Å². The lowest BCUT2D eigenvalue weighted by Gasteiger charge is -2.31. The van der Waals surface area contributed by atoms with Crippen LogP contribution in [0.3, 0.4) is 0 Å². The quantitative estimate of drug-likeness (QED) is 0.652. The fourth-order valence-electron chi connectivity index (χ4n) is 2.49. The first-order valence-corrected chi connectivity index (χ1v) is 7.36. The van der Waals surface area contributed by atoms with Crippen molar-refractivity contribution in [2.75, 3.05) is 25.7 Å². The summed E-state index contributed by atoms with van der Waals surface area (Å²) in [7, 11) is 1.85. The summed E-state index contributed by atoms with van der Waals surface area (Å²) < 4.78 is 5.35. The Morgan fingerprint density at radius 1 is 1.43 bits per heavy atom. The maximum atomic E-state index is 12.7. The number of rotatable bonds is 4. The fourth-order valence-corrected chi connectivity index (χ4v) is 2.49. The van der Waals surface area contributed by atoms with Crippen molar-refractivity contribution in [1.29, 1.82) is 0 Å². The summed E-state index contributed by atoms with van der Waals surface area (Å²) in [5, 5.41) is 0. The van der Waals surface area contributed by atoms with Gasteiger partial charge in [0.15, 0.2) is 0 Å². The van der Waals surface area contributed by atoms with Crippen LogP contribution in [0, 0.1) is 0 Å². The van der Waals surface area contributed by atoms with Crippen LogP contribution in [-0.4, -0.2) is 42.1 Å². The Morgan fingerprint density at radius 3 is 2.67 bits per heavy atom. The van der Waals surface area contributed by atoms with Crippen molar-refractivity contribution in [3.8, 4) is 0 Å². The summed E-state index contributed by atoms with van der Waals surface area (Å²) in [5.74, 6) is 6.21. The number of amides is 1. The van der Waals surface area contributed by atoms with Gasteiger partial charge in [-0.15, -0.1) is 0 Å². The monoisotopic (exact) mass is 292 g/mol. The molecule has 0 spiro atoms. The number of nitrogens with zero attached hydrogens (tertiary/aromatic N) is 2. The Morgan fingerprint density at radius 2 is 2.10 bits per heavy atom. The van der Waals surface area contributed by atoms with Crippen molar-refractivity contribution in [3.05, 3.63) is 23.4 Å². The number of pyridine rings is 1. The third-order valence-electron chi connectivity index (χ3n) is 3.89. The van der Waals surface area contributed by atoms with Gasteiger partial charge in [-0.2, -0.15) is 0 Å². The van der Waals surface area contributed by atoms with Gasteiger partial charge in [0.2, 0.25) is 0 Å². The number of ether oxygens (including phenoxy) is 1. The first kappa shape index (κ1) is 15.7. The Labute approximate surface area is 125 Å². The third kappa shape index (κ3) is 3.71. The van der Waals surface area contributed by atoms with Gasteiger partial charge in [-0.05, 0) is 30.9 Å². The van der Waals surface area contributed by atoms with Gasteiger partial charge in [0, 0.05) is 37.6 Å². The number of carbonyl (C=O) groups is 1. The van der Waals surface area contributed by atoms with Gasteiger partial charge in [0.1, 0.15) is 5.82 Å². The van der Waals surface area contributed by atoms with E-state index in [-0.39, 0.29) is 17.9 Å². The van der Waals surface area contributed by atoms with Crippen molar-refractivity contribution in [2.24, 2.45) is 5.84 Å². The lowest BCUT2D eigenvalue weighted by molar-refractivity contribution is 0.0362. The number of nitrogens with one attached hydrogen (secondary N) is 1. The third-order valence-corrected chi connectivity index (χ3v) is 3.89. The van der Waals surface area contributed by atoms with E-state index in [0.717, 1.165) is 18.5 Å². The largest absolute Gasteiger partial charge is 0.381 e. The second kappa shape index (κ2) is 6.87. The molecule has 1 aromatic rings. The molecule has 6 nitrogen and oxygen atoms in total. The lowest BCUT2D eigenvalue weighted by Crippen LogP contribution is -2.40. The maximum absolute atomic E-state index is 12.7. The van der Waals surface area contributed by atoms with E-state index in [1.807, 2.05) is 31.9 Å². The molecule has 1 aromatic heterocycles. The average Bonchev–Trinajstić information content (AvgIpc) is 2.53. The number of anilines is 1. The highest BCUT2D eigenvalue weighted by Gasteiger charge is 2.24. The van der Waals surface area contributed by atoms with E-state index in [0.29, 0.717) is 24.6 Å². The molecule has 0 aliphatic carbocycles. The molecule has 1 aliphatic heterocycles. The summed E-state index contributed by atoms with van der Waals surface area (Å²) in [6.07, 6.45) is 1.76. The molecule has 1 saturated heterocycles. The van der Waals surface area contributed by atoms with E-state index in [9.17, 15) is 4.79 Å². The summed E-state index contributed by atoms with van der Waals surface area (Å²) in [4.78, 5) is 18.9. The van der Waals surface area contributed by atoms with E-state index in [1.165, 1.54) is 0 Å². The molecule has 1 amide bonds. The van der Waals surface area contributed by atoms with Crippen molar-refractivity contribution >= 4 is 11.7 Å². The molecule has 2 rings (SSSR count). The Balaban J connectivity index is 2.22. The minimum Gasteiger partial charge on any atom is -0.381 e. The molecule has 116 valence electrons. The number of hydrogen-bond donors (Lipinski definition) is 2. The molecule has 1 fully saturated rings. The van der Waals surface area contributed by atoms with E-state index in [4.69, 9.17) is 10.6 Å². The minimum absolute atomic E-state index is 0.00250. The Bertz CT molecular complexity index is 498. The van der Waals surface area contributed by atoms with Gasteiger partial charge >= 0.3 is 0 Å². The Hall–Kier alpha value is -1.66. The van der Waals surface area contributed by atoms with Gasteiger partial charge < -0.3 is 15.1 Å². The molecule has 3 N–H and O–H groups in total. The molecule has 0 unspecified atom stereocenters. The number of aromatic nitrogens is 1. The van der Waals surface area contributed by atoms with Gasteiger partial charge in [-0.25, -0.2) is 10.8 Å². The van der Waals surface area contributed by atoms with Crippen molar-refractivity contribution < 1.29 is 9.53 Å². The molecule has 0 bridgehead atoms. The molecule has 0 radical (unpaired) electrons. The number of nitrogens with two attached hydrogens (primary N) is 1. The van der Waals surface area contributed by atoms with Gasteiger partial charge in [0.25, 0.3) is 5.91 Å². The number of nitrogen functional groups attached to an aromatic ring is 1. The zero-order valence-corrected chi connectivity index (χ0v) is 12.9. The summed E-state index contributed by atoms with van der Waals surface area (Å²) in [6, 6.07) is 3.78. The van der Waals surface area contributed by atoms with Gasteiger partial charge in [0.05, 0.1) is 0 Å². The second-order valence-electron chi connectivity index (χ2n) is 5.72. The molecule has 0 aromatic carbocycles. The van der Waals surface area contributed by atoms with Gasteiger partial charge in [-0.3, -0.25) is 4.79 Å². The highest BCUT2D eigenvalue weighted by Crippen LogP contribution is 2.20. The van der Waals surface area contributed by atoms with Crippen LogP contribution in [0.1, 0.15) is 48.7 Å². The van der Waals surface area contributed by atoms with Crippen LogP contribution in [-0.2, 0) is 4.74 Å². The smallest absolute Gasteiger partial charge is 0.254 e. The lowest BCUT2D eigenvalue weighted by atomic mass is 10.0. The Kier molecular flexibility index (Phi) is 5.14. The highest BCUT2D eigenvalue weighted by molar-refractivity contribution is 5.95. The molecule has 1 aliphatic rings. The SMILES string of the molecule is CC(C)c1cc(C(=O)N(C)C2CCOCC2)cc(NN)n1. The van der Waals surface area contributed by atoms with E-state index >= 15 is 0 Å². The van der Waals surface area contributed by atoms with Crippen LogP contribution in [0.2, 0.25) is 0 Å². The summed E-state index contributed by atoms with van der Waals surface area (Å²) in [6.45, 7) is 5.51. The van der Waals surface area contributed by atoms with Crippen LogP contribution in [0.4, 0.5) is 5.82 Å². The summed E-state index contributed by atoms with van der Waals surface area (Å²) in [5.41, 5.74) is 4.01. The number of hydrazine groups is 1. The zero-order valence-electron chi connectivity index (χ0n) is 12.9. The van der Waals surface area contributed by atoms with E-state index in [1.54, 1.807) is 6.07 Å². The molecular formula is C15H24N4O2. The predicted octanol–water partition coefficient (Wildman–Crippen LogP) is 1.74. The zero-order chi connectivity index (χ0) is 15.4. The molecule has 0 atom stereocenters. The first-order valence-electron chi connectivity index (χ1n) is 7.36. The molecular weight excluding hydrogens is 268 g/mol. The normalized spacial score (nSPS) is 16.0. The van der Waals surface area contributed by atoms with Crippen LogP contribution in [0.5, 0.6) is 0 Å².